The smallest absolute Gasteiger partial charge is 0.379 e. The van der Waals surface area contributed by atoms with Gasteiger partial charge in [0, 0.05) is 5.56 Å². The number of aromatic nitrogens is 2. The van der Waals surface area contributed by atoms with Crippen LogP contribution in [-0.2, 0) is 18.3 Å². The third-order valence-corrected chi connectivity index (χ3v) is 6.22. The van der Waals surface area contributed by atoms with E-state index in [-0.39, 0.29) is 31.4 Å². The van der Waals surface area contributed by atoms with Crippen molar-refractivity contribution in [1.29, 1.82) is 0 Å². The Morgan fingerprint density at radius 3 is 2.29 bits per heavy atom. The lowest BCUT2D eigenvalue weighted by atomic mass is 9.84. The van der Waals surface area contributed by atoms with Crippen LogP contribution >= 0.6 is 7.60 Å². The summed E-state index contributed by atoms with van der Waals surface area (Å²) in [5, 5.41) is 6.87. The molecular weight excluding hydrogens is 331 g/mol. The number of hydrogen-bond acceptors (Lipinski definition) is 6. The Bertz CT molecular complexity index is 585. The Kier molecular flexibility index (Phi) is 7.02. The molecule has 0 radical (unpaired) electrons. The molecule has 2 rings (SSSR count). The van der Waals surface area contributed by atoms with Crippen molar-refractivity contribution in [2.45, 2.75) is 58.8 Å². The van der Waals surface area contributed by atoms with Crippen molar-refractivity contribution in [3.63, 3.8) is 0 Å². The predicted molar refractivity (Wildman–Crippen MR) is 90.9 cm³/mol. The first kappa shape index (κ1) is 19.2. The molecule has 1 fully saturated rings. The second-order valence-corrected chi connectivity index (χ2v) is 7.68. The third kappa shape index (κ3) is 4.08. The van der Waals surface area contributed by atoms with E-state index < -0.39 is 13.6 Å². The maximum atomic E-state index is 13.2. The highest BCUT2D eigenvalue weighted by Crippen LogP contribution is 2.49. The number of carbonyl (C=O) groups is 1. The molecule has 1 heterocycles. The van der Waals surface area contributed by atoms with E-state index in [0.717, 1.165) is 25.7 Å². The average molecular weight is 358 g/mol. The first-order valence-electron chi connectivity index (χ1n) is 8.72. The number of carbonyl (C=O) groups excluding carboxylic acids is 1. The molecule has 1 N–H and O–H groups in total. The zero-order valence-electron chi connectivity index (χ0n) is 14.7. The molecule has 0 atom stereocenters. The molecule has 1 aliphatic rings. The van der Waals surface area contributed by atoms with Gasteiger partial charge in [-0.15, -0.1) is 0 Å². The normalized spacial score (nSPS) is 16.3. The van der Waals surface area contributed by atoms with Crippen LogP contribution in [0, 0.1) is 0 Å². The Hall–Kier alpha value is -1.17. The molecule has 0 saturated heterocycles. The van der Waals surface area contributed by atoms with Gasteiger partial charge in [-0.05, 0) is 39.5 Å². The standard InChI is InChI=1S/C16H27N2O5P/c1-4-21-16(19)14-13(12-10-8-7-9-11-12)15(18-17-14)24(20,22-5-2)23-6-3/h12H,4-11H2,1-3H3,(H,17,18). The summed E-state index contributed by atoms with van der Waals surface area (Å²) in [7, 11) is -3.54. The van der Waals surface area contributed by atoms with Gasteiger partial charge in [0.25, 0.3) is 0 Å². The van der Waals surface area contributed by atoms with E-state index in [1.54, 1.807) is 20.8 Å². The highest BCUT2D eigenvalue weighted by molar-refractivity contribution is 7.62. The SMILES string of the molecule is CCOC(=O)c1n[nH]c(P(=O)(OCC)OCC)c1C1CCCCC1. The first-order chi connectivity index (χ1) is 11.6. The highest BCUT2D eigenvalue weighted by Gasteiger charge is 2.38. The number of H-pyrrole nitrogens is 1. The maximum Gasteiger partial charge on any atom is 0.379 e. The van der Waals surface area contributed by atoms with Crippen molar-refractivity contribution in [3.8, 4) is 0 Å². The Balaban J connectivity index is 2.50. The summed E-state index contributed by atoms with van der Waals surface area (Å²) in [6, 6.07) is 0. The van der Waals surface area contributed by atoms with Crippen LogP contribution < -0.4 is 5.44 Å². The molecule has 1 aromatic rings. The van der Waals surface area contributed by atoms with E-state index in [1.807, 2.05) is 0 Å². The number of hydrogen-bond donors (Lipinski definition) is 1. The van der Waals surface area contributed by atoms with Gasteiger partial charge in [-0.2, -0.15) is 5.10 Å². The fraction of sp³-hybridized carbons (Fsp3) is 0.750. The molecule has 1 aromatic heterocycles. The number of aromatic amines is 1. The Labute approximate surface area is 143 Å². The molecule has 136 valence electrons. The van der Waals surface area contributed by atoms with E-state index in [1.165, 1.54) is 6.42 Å². The van der Waals surface area contributed by atoms with Gasteiger partial charge in [-0.25, -0.2) is 4.79 Å². The average Bonchev–Trinajstić information content (AvgIpc) is 3.02. The summed E-state index contributed by atoms with van der Waals surface area (Å²) < 4.78 is 29.2. The van der Waals surface area contributed by atoms with Gasteiger partial charge in [0.1, 0.15) is 0 Å². The number of rotatable bonds is 8. The third-order valence-electron chi connectivity index (χ3n) is 4.14. The molecule has 7 nitrogen and oxygen atoms in total. The van der Waals surface area contributed by atoms with Gasteiger partial charge in [0.15, 0.2) is 11.1 Å². The van der Waals surface area contributed by atoms with Gasteiger partial charge >= 0.3 is 13.6 Å². The molecule has 0 bridgehead atoms. The summed E-state index contributed by atoms with van der Waals surface area (Å²) >= 11 is 0. The van der Waals surface area contributed by atoms with Crippen molar-refractivity contribution >= 4 is 19.0 Å². The summed E-state index contributed by atoms with van der Waals surface area (Å²) in [5.74, 6) is -0.388. The zero-order chi connectivity index (χ0) is 17.6. The monoisotopic (exact) mass is 358 g/mol. The molecule has 0 amide bonds. The second kappa shape index (κ2) is 8.79. The second-order valence-electron chi connectivity index (χ2n) is 5.72. The number of nitrogens with zero attached hydrogens (tertiary/aromatic N) is 1. The van der Waals surface area contributed by atoms with Crippen LogP contribution in [0.2, 0.25) is 0 Å². The molecule has 0 unspecified atom stereocenters. The van der Waals surface area contributed by atoms with E-state index in [4.69, 9.17) is 13.8 Å². The summed E-state index contributed by atoms with van der Waals surface area (Å²) in [6.45, 7) is 6.02. The minimum absolute atomic E-state index is 0.112. The minimum atomic E-state index is -3.54. The van der Waals surface area contributed by atoms with Crippen LogP contribution in [0.25, 0.3) is 0 Å². The van der Waals surface area contributed by atoms with Crippen molar-refractivity contribution in [3.05, 3.63) is 11.3 Å². The van der Waals surface area contributed by atoms with Crippen LogP contribution in [0.15, 0.2) is 0 Å². The lowest BCUT2D eigenvalue weighted by Gasteiger charge is -2.24. The van der Waals surface area contributed by atoms with Crippen LogP contribution in [0.4, 0.5) is 0 Å². The molecule has 0 aromatic carbocycles. The molecule has 0 aliphatic heterocycles. The molecule has 1 aliphatic carbocycles. The van der Waals surface area contributed by atoms with E-state index >= 15 is 0 Å². The van der Waals surface area contributed by atoms with Crippen molar-refractivity contribution in [1.82, 2.24) is 10.2 Å². The van der Waals surface area contributed by atoms with Crippen LogP contribution in [-0.4, -0.2) is 36.0 Å². The molecule has 24 heavy (non-hydrogen) atoms. The largest absolute Gasteiger partial charge is 0.461 e. The summed E-state index contributed by atoms with van der Waals surface area (Å²) in [5.41, 5.74) is 1.16. The maximum absolute atomic E-state index is 13.2. The van der Waals surface area contributed by atoms with Gasteiger partial charge in [-0.1, -0.05) is 19.3 Å². The van der Waals surface area contributed by atoms with Crippen LogP contribution in [0.5, 0.6) is 0 Å². The first-order valence-corrected chi connectivity index (χ1v) is 10.3. The van der Waals surface area contributed by atoms with E-state index in [0.29, 0.717) is 11.0 Å². The lowest BCUT2D eigenvalue weighted by Crippen LogP contribution is -2.21. The van der Waals surface area contributed by atoms with E-state index in [2.05, 4.69) is 10.2 Å². The number of nitrogens with one attached hydrogen (secondary N) is 1. The topological polar surface area (TPSA) is 90.5 Å². The minimum Gasteiger partial charge on any atom is -0.461 e. The molecule has 8 heteroatoms. The fourth-order valence-electron chi connectivity index (χ4n) is 3.19. The van der Waals surface area contributed by atoms with Gasteiger partial charge in [0.2, 0.25) is 0 Å². The van der Waals surface area contributed by atoms with Crippen molar-refractivity contribution < 1.29 is 23.1 Å². The molecular formula is C16H27N2O5P. The lowest BCUT2D eigenvalue weighted by molar-refractivity contribution is 0.0517. The van der Waals surface area contributed by atoms with Crippen molar-refractivity contribution in [2.75, 3.05) is 19.8 Å². The van der Waals surface area contributed by atoms with Gasteiger partial charge in [-0.3, -0.25) is 9.66 Å². The summed E-state index contributed by atoms with van der Waals surface area (Å²) in [6.07, 6.45) is 5.18. The Morgan fingerprint density at radius 1 is 1.12 bits per heavy atom. The highest BCUT2D eigenvalue weighted by atomic mass is 31.2. The van der Waals surface area contributed by atoms with E-state index in [9.17, 15) is 9.36 Å². The zero-order valence-corrected chi connectivity index (χ0v) is 15.6. The quantitative estimate of drug-likeness (QED) is 0.565. The van der Waals surface area contributed by atoms with Gasteiger partial charge in [0.05, 0.1) is 19.8 Å². The number of esters is 1. The molecule has 1 saturated carbocycles. The van der Waals surface area contributed by atoms with Crippen LogP contribution in [0.1, 0.15) is 74.8 Å². The fourth-order valence-corrected chi connectivity index (χ4v) is 4.96. The Morgan fingerprint density at radius 2 is 1.75 bits per heavy atom. The predicted octanol–water partition coefficient (Wildman–Crippen LogP) is 3.53. The molecule has 0 spiro atoms. The van der Waals surface area contributed by atoms with Gasteiger partial charge < -0.3 is 13.8 Å². The van der Waals surface area contributed by atoms with Crippen LogP contribution in [0.3, 0.4) is 0 Å². The number of ether oxygens (including phenoxy) is 1. The summed E-state index contributed by atoms with van der Waals surface area (Å²) in [4.78, 5) is 12.3. The van der Waals surface area contributed by atoms with Crippen molar-refractivity contribution in [2.24, 2.45) is 0 Å².